The lowest BCUT2D eigenvalue weighted by atomic mass is 9.92. The van der Waals surface area contributed by atoms with Gasteiger partial charge in [-0.2, -0.15) is 26.3 Å². The average molecular weight is 478 g/mol. The molecule has 2 heterocycles. The Labute approximate surface area is 187 Å². The Kier molecular flexibility index (Phi) is 4.19. The Balaban J connectivity index is 1.56. The maximum absolute atomic E-state index is 13.4. The minimum Gasteiger partial charge on any atom is -0.166 e. The molecule has 2 unspecified atom stereocenters. The number of thioether (sulfide) groups is 2. The SMILES string of the molecule is FC(F)(F)c1ccc2c(c1)C1C=CSC1=C2C1=C2SC=CC2c2cc(C(F)(F)F)ccc21. The number of alkyl halides is 6. The lowest BCUT2D eigenvalue weighted by molar-refractivity contribution is -0.138. The van der Waals surface area contributed by atoms with E-state index in [0.717, 1.165) is 44.2 Å². The zero-order chi connectivity index (χ0) is 22.4. The first-order valence-corrected chi connectivity index (χ1v) is 11.5. The molecule has 4 aliphatic rings. The van der Waals surface area contributed by atoms with Crippen molar-refractivity contribution in [2.24, 2.45) is 0 Å². The van der Waals surface area contributed by atoms with Crippen LogP contribution in [0.2, 0.25) is 0 Å². The fraction of sp³-hybridized carbons (Fsp3) is 0.167. The van der Waals surface area contributed by atoms with Crippen molar-refractivity contribution in [3.63, 3.8) is 0 Å². The molecule has 32 heavy (non-hydrogen) atoms. The predicted molar refractivity (Wildman–Crippen MR) is 116 cm³/mol. The first kappa shape index (κ1) is 20.3. The first-order chi connectivity index (χ1) is 15.1. The molecule has 0 amide bonds. The Morgan fingerprint density at radius 2 is 1.00 bits per heavy atom. The van der Waals surface area contributed by atoms with Crippen LogP contribution in [0.15, 0.2) is 69.2 Å². The maximum atomic E-state index is 13.4. The molecule has 2 aliphatic carbocycles. The van der Waals surface area contributed by atoms with E-state index in [-0.39, 0.29) is 11.8 Å². The lowest BCUT2D eigenvalue weighted by Gasteiger charge is -2.15. The molecule has 0 aromatic heterocycles. The van der Waals surface area contributed by atoms with Crippen LogP contribution in [-0.2, 0) is 12.4 Å². The molecule has 0 fully saturated rings. The molecule has 2 atom stereocenters. The Morgan fingerprint density at radius 1 is 0.594 bits per heavy atom. The summed E-state index contributed by atoms with van der Waals surface area (Å²) in [6, 6.07) is 7.58. The van der Waals surface area contributed by atoms with E-state index in [0.29, 0.717) is 11.1 Å². The lowest BCUT2D eigenvalue weighted by Crippen LogP contribution is -2.06. The smallest absolute Gasteiger partial charge is 0.166 e. The maximum Gasteiger partial charge on any atom is 0.416 e. The summed E-state index contributed by atoms with van der Waals surface area (Å²) in [4.78, 5) is 1.86. The predicted octanol–water partition coefficient (Wildman–Crippen LogP) is 8.56. The minimum atomic E-state index is -4.44. The van der Waals surface area contributed by atoms with E-state index in [1.165, 1.54) is 47.8 Å². The van der Waals surface area contributed by atoms with Crippen LogP contribution in [-0.4, -0.2) is 0 Å². The zero-order valence-electron chi connectivity index (χ0n) is 16.0. The van der Waals surface area contributed by atoms with Crippen molar-refractivity contribution in [1.82, 2.24) is 0 Å². The van der Waals surface area contributed by atoms with Gasteiger partial charge in [-0.1, -0.05) is 24.3 Å². The molecule has 0 N–H and O–H groups in total. The molecule has 2 aromatic carbocycles. The van der Waals surface area contributed by atoms with Gasteiger partial charge in [0.15, 0.2) is 0 Å². The van der Waals surface area contributed by atoms with Crippen molar-refractivity contribution in [2.75, 3.05) is 0 Å². The Hall–Kier alpha value is -2.32. The zero-order valence-corrected chi connectivity index (χ0v) is 17.6. The third-order valence-electron chi connectivity index (χ3n) is 6.21. The summed E-state index contributed by atoms with van der Waals surface area (Å²) < 4.78 is 80.1. The summed E-state index contributed by atoms with van der Waals surface area (Å²) in [5, 5.41) is 3.74. The molecule has 6 rings (SSSR count). The van der Waals surface area contributed by atoms with Crippen LogP contribution >= 0.6 is 23.5 Å². The van der Waals surface area contributed by atoms with Crippen molar-refractivity contribution >= 4 is 34.7 Å². The molecular formula is C24H12F6S2. The van der Waals surface area contributed by atoms with E-state index < -0.39 is 23.5 Å². The molecule has 2 aromatic rings. The van der Waals surface area contributed by atoms with Gasteiger partial charge in [0.2, 0.25) is 0 Å². The van der Waals surface area contributed by atoms with Crippen LogP contribution in [0.5, 0.6) is 0 Å². The highest BCUT2D eigenvalue weighted by Crippen LogP contribution is 2.62. The van der Waals surface area contributed by atoms with Crippen molar-refractivity contribution in [2.45, 2.75) is 24.2 Å². The molecule has 2 aliphatic heterocycles. The molecule has 0 spiro atoms. The van der Waals surface area contributed by atoms with E-state index in [1.54, 1.807) is 0 Å². The van der Waals surface area contributed by atoms with E-state index in [9.17, 15) is 26.3 Å². The largest absolute Gasteiger partial charge is 0.416 e. The van der Waals surface area contributed by atoms with Crippen LogP contribution < -0.4 is 0 Å². The van der Waals surface area contributed by atoms with Crippen LogP contribution in [0, 0.1) is 0 Å². The quantitative estimate of drug-likeness (QED) is 0.377. The number of allylic oxidation sites excluding steroid dienone is 6. The number of halogens is 6. The second kappa shape index (κ2) is 6.60. The number of benzene rings is 2. The fourth-order valence-electron chi connectivity index (χ4n) is 4.85. The summed E-state index contributed by atoms with van der Waals surface area (Å²) in [5.41, 5.74) is 2.89. The van der Waals surface area contributed by atoms with Gasteiger partial charge in [-0.3, -0.25) is 0 Å². The fourth-order valence-corrected chi connectivity index (χ4v) is 6.98. The van der Waals surface area contributed by atoms with Gasteiger partial charge in [-0.15, -0.1) is 23.5 Å². The molecular weight excluding hydrogens is 466 g/mol. The van der Waals surface area contributed by atoms with Gasteiger partial charge in [-0.25, -0.2) is 0 Å². The molecule has 8 heteroatoms. The molecule has 0 saturated carbocycles. The summed E-state index contributed by atoms with van der Waals surface area (Å²) >= 11 is 2.94. The Morgan fingerprint density at radius 3 is 1.38 bits per heavy atom. The van der Waals surface area contributed by atoms with Crippen LogP contribution in [0.3, 0.4) is 0 Å². The second-order valence-electron chi connectivity index (χ2n) is 7.93. The van der Waals surface area contributed by atoms with E-state index in [2.05, 4.69) is 0 Å². The van der Waals surface area contributed by atoms with Gasteiger partial charge < -0.3 is 0 Å². The summed E-state index contributed by atoms with van der Waals surface area (Å²) in [7, 11) is 0. The van der Waals surface area contributed by atoms with Crippen molar-refractivity contribution in [1.29, 1.82) is 0 Å². The summed E-state index contributed by atoms with van der Waals surface area (Å²) in [6.07, 6.45) is -5.12. The standard InChI is InChI=1S/C24H12F6S2/c25-23(26,27)11-1-3-13-17(9-11)15-5-7-31-21(15)19(13)20-14-4-2-12(24(28,29)30)10-18(14)16-6-8-32-22(16)20/h1-10,15-16H. The normalized spacial score (nSPS) is 23.2. The van der Waals surface area contributed by atoms with Crippen molar-refractivity contribution < 1.29 is 26.3 Å². The number of rotatable bonds is 1. The second-order valence-corrected chi connectivity index (χ2v) is 9.82. The minimum absolute atomic E-state index is 0.267. The van der Waals surface area contributed by atoms with Crippen LogP contribution in [0.25, 0.3) is 11.1 Å². The summed E-state index contributed by atoms with van der Waals surface area (Å²) in [6.45, 7) is 0. The van der Waals surface area contributed by atoms with Crippen LogP contribution in [0.1, 0.15) is 45.2 Å². The molecule has 0 bridgehead atoms. The number of fused-ring (bicyclic) bond motifs is 6. The van der Waals surface area contributed by atoms with Gasteiger partial charge >= 0.3 is 12.4 Å². The number of hydrogen-bond donors (Lipinski definition) is 0. The third-order valence-corrected chi connectivity index (χ3v) is 8.22. The number of hydrogen-bond acceptors (Lipinski definition) is 2. The third kappa shape index (κ3) is 2.81. The Bertz CT molecular complexity index is 1210. The van der Waals surface area contributed by atoms with Gasteiger partial charge in [0, 0.05) is 32.8 Å². The van der Waals surface area contributed by atoms with Crippen LogP contribution in [0.4, 0.5) is 26.3 Å². The van der Waals surface area contributed by atoms with E-state index >= 15 is 0 Å². The van der Waals surface area contributed by atoms with Gasteiger partial charge in [-0.05, 0) is 57.3 Å². The highest BCUT2D eigenvalue weighted by Gasteiger charge is 2.43. The summed E-state index contributed by atoms with van der Waals surface area (Å²) in [5.74, 6) is -0.534. The highest BCUT2D eigenvalue weighted by molar-refractivity contribution is 8.06. The molecule has 0 radical (unpaired) electrons. The molecule has 0 saturated heterocycles. The molecule has 0 nitrogen and oxygen atoms in total. The van der Waals surface area contributed by atoms with Crippen molar-refractivity contribution in [3.8, 4) is 0 Å². The van der Waals surface area contributed by atoms with Crippen molar-refractivity contribution in [3.05, 3.63) is 103 Å². The average Bonchev–Trinajstić information content (AvgIpc) is 3.47. The van der Waals surface area contributed by atoms with E-state index in [4.69, 9.17) is 0 Å². The molecule has 162 valence electrons. The first-order valence-electron chi connectivity index (χ1n) is 9.73. The monoisotopic (exact) mass is 478 g/mol. The van der Waals surface area contributed by atoms with Gasteiger partial charge in [0.25, 0.3) is 0 Å². The van der Waals surface area contributed by atoms with E-state index in [1.807, 2.05) is 23.0 Å². The van der Waals surface area contributed by atoms with Gasteiger partial charge in [0.1, 0.15) is 0 Å². The highest BCUT2D eigenvalue weighted by atomic mass is 32.2. The van der Waals surface area contributed by atoms with Gasteiger partial charge in [0.05, 0.1) is 11.1 Å². The topological polar surface area (TPSA) is 0 Å².